The van der Waals surface area contributed by atoms with Gasteiger partial charge in [0.15, 0.2) is 11.2 Å². The Hall–Kier alpha value is -1.71. The lowest BCUT2D eigenvalue weighted by atomic mass is 10.2. The number of aliphatic hydroxyl groups is 1. The highest BCUT2D eigenvalue weighted by atomic mass is 31.2. The number of nitrogen functional groups attached to an aromatic ring is 1. The van der Waals surface area contributed by atoms with Crippen molar-refractivity contribution in [3.05, 3.63) is 16.7 Å². The van der Waals surface area contributed by atoms with E-state index in [0.29, 0.717) is 0 Å². The van der Waals surface area contributed by atoms with Crippen LogP contribution in [0.2, 0.25) is 0 Å². The zero-order chi connectivity index (χ0) is 20.9. The summed E-state index contributed by atoms with van der Waals surface area (Å²) in [7, 11) is -10.5. The summed E-state index contributed by atoms with van der Waals surface area (Å²) in [6, 6.07) is 0. The number of H-pyrrole nitrogens is 1. The minimum atomic E-state index is -5.27. The van der Waals surface area contributed by atoms with Crippen molar-refractivity contribution in [2.24, 2.45) is 0 Å². The smallest absolute Gasteiger partial charge is 0.390 e. The Morgan fingerprint density at radius 1 is 1.29 bits per heavy atom. The molecule has 0 radical (unpaired) electrons. The topological polar surface area (TPSA) is 253 Å². The van der Waals surface area contributed by atoms with Crippen molar-refractivity contribution >= 4 is 32.8 Å². The highest BCUT2D eigenvalue weighted by molar-refractivity contribution is 7.47. The van der Waals surface area contributed by atoms with Gasteiger partial charge < -0.3 is 35.2 Å². The number of hydrogen-bond acceptors (Lipinski definition) is 10. The second-order valence-electron chi connectivity index (χ2n) is 5.69. The van der Waals surface area contributed by atoms with Crippen molar-refractivity contribution in [3.63, 3.8) is 0 Å². The van der Waals surface area contributed by atoms with E-state index in [4.69, 9.17) is 30.0 Å². The number of imidazole rings is 1. The molecular formula is C10H15N5O11P2. The number of anilines is 1. The average molecular weight is 443 g/mol. The molecule has 0 aromatic carbocycles. The van der Waals surface area contributed by atoms with Gasteiger partial charge in [0, 0.05) is 6.42 Å². The number of nitrogens with one attached hydrogen (secondary N) is 1. The number of aliphatic hydroxyl groups excluding tert-OH is 1. The van der Waals surface area contributed by atoms with Gasteiger partial charge in [-0.15, -0.1) is 0 Å². The maximum absolute atomic E-state index is 11.8. The number of nitrogens with zero attached hydrogens (tertiary/aromatic N) is 3. The summed E-state index contributed by atoms with van der Waals surface area (Å²) in [5.74, 6) is -0.220. The SMILES string of the molecule is Nc1nc2c(ncn2[C@H]2C[C@H](O)[C@@H](C(OP(=O)(O)O)OP(=O)(O)O)O2)c(=O)[nH]1. The molecule has 3 atom stereocenters. The van der Waals surface area contributed by atoms with Crippen LogP contribution in [0.15, 0.2) is 11.1 Å². The number of fused-ring (bicyclic) bond motifs is 1. The van der Waals surface area contributed by atoms with E-state index in [0.717, 1.165) is 6.33 Å². The van der Waals surface area contributed by atoms with E-state index in [9.17, 15) is 19.0 Å². The average Bonchev–Trinajstić information content (AvgIpc) is 3.07. The number of nitrogens with two attached hydrogens (primary N) is 1. The third kappa shape index (κ3) is 4.64. The first-order chi connectivity index (χ1) is 12.8. The van der Waals surface area contributed by atoms with Gasteiger partial charge in [0.2, 0.25) is 12.2 Å². The Morgan fingerprint density at radius 3 is 2.46 bits per heavy atom. The third-order valence-corrected chi connectivity index (χ3v) is 4.61. The van der Waals surface area contributed by atoms with Crippen molar-refractivity contribution < 1.29 is 47.6 Å². The van der Waals surface area contributed by atoms with Gasteiger partial charge in [-0.3, -0.25) is 23.4 Å². The first-order valence-corrected chi connectivity index (χ1v) is 10.4. The fraction of sp³-hybridized carbons (Fsp3) is 0.500. The first-order valence-electron chi connectivity index (χ1n) is 7.38. The van der Waals surface area contributed by atoms with E-state index in [-0.39, 0.29) is 23.5 Å². The molecule has 0 bridgehead atoms. The Bertz CT molecular complexity index is 1000. The minimum absolute atomic E-state index is 0.0116. The molecule has 8 N–H and O–H groups in total. The summed E-state index contributed by atoms with van der Waals surface area (Å²) >= 11 is 0. The second kappa shape index (κ2) is 7.27. The van der Waals surface area contributed by atoms with Crippen molar-refractivity contribution in [1.82, 2.24) is 19.5 Å². The quantitative estimate of drug-likeness (QED) is 0.186. The molecule has 0 amide bonds. The molecule has 1 saturated heterocycles. The van der Waals surface area contributed by atoms with E-state index in [2.05, 4.69) is 24.0 Å². The number of aromatic nitrogens is 4. The van der Waals surface area contributed by atoms with E-state index in [1.807, 2.05) is 0 Å². The fourth-order valence-corrected chi connectivity index (χ4v) is 3.59. The van der Waals surface area contributed by atoms with Crippen molar-refractivity contribution in [2.45, 2.75) is 31.1 Å². The minimum Gasteiger partial charge on any atom is -0.390 e. The lowest BCUT2D eigenvalue weighted by molar-refractivity contribution is -0.154. The van der Waals surface area contributed by atoms with Crippen LogP contribution in [0.1, 0.15) is 12.6 Å². The fourth-order valence-electron chi connectivity index (χ4n) is 2.66. The van der Waals surface area contributed by atoms with E-state index in [1.165, 1.54) is 4.57 Å². The summed E-state index contributed by atoms with van der Waals surface area (Å²) in [4.78, 5) is 57.5. The Labute approximate surface area is 154 Å². The molecule has 3 rings (SSSR count). The molecule has 0 aliphatic carbocycles. The van der Waals surface area contributed by atoms with Crippen LogP contribution < -0.4 is 11.3 Å². The van der Waals surface area contributed by atoms with Crippen LogP contribution in [-0.2, 0) is 22.9 Å². The van der Waals surface area contributed by atoms with Gasteiger partial charge in [0.25, 0.3) is 5.56 Å². The molecule has 156 valence electrons. The normalized spacial score (nSPS) is 23.7. The number of aromatic amines is 1. The van der Waals surface area contributed by atoms with Gasteiger partial charge >= 0.3 is 15.6 Å². The van der Waals surface area contributed by atoms with Crippen LogP contribution in [0, 0.1) is 0 Å². The molecule has 0 unspecified atom stereocenters. The molecule has 1 aliphatic heterocycles. The molecule has 1 aliphatic rings. The van der Waals surface area contributed by atoms with E-state index in [1.54, 1.807) is 0 Å². The maximum atomic E-state index is 11.8. The molecule has 0 spiro atoms. The van der Waals surface area contributed by atoms with E-state index < -0.39 is 45.9 Å². The van der Waals surface area contributed by atoms with Crippen LogP contribution in [0.25, 0.3) is 11.2 Å². The van der Waals surface area contributed by atoms with Gasteiger partial charge in [-0.2, -0.15) is 4.98 Å². The summed E-state index contributed by atoms with van der Waals surface area (Å²) in [5.41, 5.74) is 4.74. The summed E-state index contributed by atoms with van der Waals surface area (Å²) in [6.07, 6.45) is -5.73. The maximum Gasteiger partial charge on any atom is 0.472 e. The Morgan fingerprint density at radius 2 is 1.89 bits per heavy atom. The van der Waals surface area contributed by atoms with Crippen LogP contribution >= 0.6 is 15.6 Å². The van der Waals surface area contributed by atoms with Gasteiger partial charge in [0.1, 0.15) is 12.3 Å². The summed E-state index contributed by atoms with van der Waals surface area (Å²) < 4.78 is 37.2. The van der Waals surface area contributed by atoms with E-state index >= 15 is 0 Å². The first kappa shape index (κ1) is 21.0. The highest BCUT2D eigenvalue weighted by Gasteiger charge is 2.46. The van der Waals surface area contributed by atoms with Gasteiger partial charge in [-0.25, -0.2) is 14.1 Å². The molecule has 0 saturated carbocycles. The lowest BCUT2D eigenvalue weighted by Crippen LogP contribution is -2.37. The lowest BCUT2D eigenvalue weighted by Gasteiger charge is -2.25. The predicted molar refractivity (Wildman–Crippen MR) is 87.1 cm³/mol. The standard InChI is InChI=1S/C10H15N5O11P2/c11-10-13-7-5(8(17)14-10)12-2-15(7)4-1-3(16)6(24-4)9(25-27(18,19)20)26-28(21,22)23/h2-4,6,9,16H,1H2,(H2,18,19,20)(H2,21,22,23)(H3,11,13,14,17)/t3-,4+,6-/m0/s1. The number of phosphoric ester groups is 2. The molecule has 1 fully saturated rings. The second-order valence-corrected chi connectivity index (χ2v) is 8.08. The summed E-state index contributed by atoms with van der Waals surface area (Å²) in [5, 5.41) is 10.2. The molecule has 16 nitrogen and oxygen atoms in total. The molecular weight excluding hydrogens is 428 g/mol. The summed E-state index contributed by atoms with van der Waals surface area (Å²) in [6.45, 7) is 0. The van der Waals surface area contributed by atoms with Crippen molar-refractivity contribution in [1.29, 1.82) is 0 Å². The number of ether oxygens (including phenoxy) is 1. The number of hydrogen-bond donors (Lipinski definition) is 7. The molecule has 28 heavy (non-hydrogen) atoms. The molecule has 2 aromatic heterocycles. The largest absolute Gasteiger partial charge is 0.472 e. The Kier molecular flexibility index (Phi) is 5.46. The van der Waals surface area contributed by atoms with Gasteiger partial charge in [0.05, 0.1) is 12.4 Å². The molecule has 18 heteroatoms. The zero-order valence-corrected chi connectivity index (χ0v) is 15.4. The third-order valence-electron chi connectivity index (χ3n) is 3.65. The zero-order valence-electron chi connectivity index (χ0n) is 13.6. The van der Waals surface area contributed by atoms with Gasteiger partial charge in [-0.05, 0) is 0 Å². The predicted octanol–water partition coefficient (Wildman–Crippen LogP) is -2.11. The van der Waals surface area contributed by atoms with Gasteiger partial charge in [-0.1, -0.05) is 0 Å². The van der Waals surface area contributed by atoms with Crippen molar-refractivity contribution in [3.8, 4) is 0 Å². The molecule has 2 aromatic rings. The number of phosphoric acid groups is 2. The highest BCUT2D eigenvalue weighted by Crippen LogP contribution is 2.47. The molecule has 3 heterocycles. The number of rotatable bonds is 6. The van der Waals surface area contributed by atoms with Crippen LogP contribution in [0.3, 0.4) is 0 Å². The monoisotopic (exact) mass is 443 g/mol. The van der Waals surface area contributed by atoms with Crippen LogP contribution in [0.5, 0.6) is 0 Å². The van der Waals surface area contributed by atoms with Crippen LogP contribution in [0.4, 0.5) is 5.95 Å². The Balaban J connectivity index is 1.91. The van der Waals surface area contributed by atoms with Crippen LogP contribution in [-0.4, -0.2) is 62.7 Å². The van der Waals surface area contributed by atoms with Crippen molar-refractivity contribution in [2.75, 3.05) is 5.73 Å².